The second-order valence-corrected chi connectivity index (χ2v) is 6.82. The Kier molecular flexibility index (Phi) is 5.82. The predicted octanol–water partition coefficient (Wildman–Crippen LogP) is 2.19. The van der Waals surface area contributed by atoms with E-state index in [0.717, 1.165) is 4.90 Å². The highest BCUT2D eigenvalue weighted by molar-refractivity contribution is 7.99. The molecule has 2 unspecified atom stereocenters. The SMILES string of the molecule is CC(C)NC(C)(CC(C)Sc1ccncc1)C(N)=O. The molecule has 0 saturated carbocycles. The second-order valence-electron chi connectivity index (χ2n) is 5.31. The molecule has 0 spiro atoms. The minimum absolute atomic E-state index is 0.218. The van der Waals surface area contributed by atoms with Gasteiger partial charge >= 0.3 is 0 Å². The molecule has 1 rings (SSSR count). The summed E-state index contributed by atoms with van der Waals surface area (Å²) in [5.74, 6) is -0.302. The van der Waals surface area contributed by atoms with Crippen LogP contribution in [0.15, 0.2) is 29.4 Å². The Morgan fingerprint density at radius 1 is 1.42 bits per heavy atom. The van der Waals surface area contributed by atoms with E-state index in [1.165, 1.54) is 0 Å². The van der Waals surface area contributed by atoms with Crippen LogP contribution < -0.4 is 11.1 Å². The smallest absolute Gasteiger partial charge is 0.237 e. The van der Waals surface area contributed by atoms with Gasteiger partial charge in [-0.25, -0.2) is 0 Å². The van der Waals surface area contributed by atoms with E-state index in [9.17, 15) is 4.79 Å². The van der Waals surface area contributed by atoms with Crippen LogP contribution in [-0.4, -0.2) is 27.7 Å². The van der Waals surface area contributed by atoms with E-state index in [4.69, 9.17) is 5.73 Å². The molecule has 0 fully saturated rings. The zero-order chi connectivity index (χ0) is 14.5. The third kappa shape index (κ3) is 5.20. The van der Waals surface area contributed by atoms with Crippen molar-refractivity contribution < 1.29 is 4.79 Å². The van der Waals surface area contributed by atoms with E-state index in [2.05, 4.69) is 17.2 Å². The predicted molar refractivity (Wildman–Crippen MR) is 80.0 cm³/mol. The fourth-order valence-corrected chi connectivity index (χ4v) is 3.29. The average Bonchev–Trinajstić information content (AvgIpc) is 2.28. The molecule has 0 saturated heterocycles. The minimum Gasteiger partial charge on any atom is -0.368 e. The lowest BCUT2D eigenvalue weighted by Crippen LogP contribution is -2.56. The lowest BCUT2D eigenvalue weighted by atomic mass is 9.94. The fourth-order valence-electron chi connectivity index (χ4n) is 2.13. The van der Waals surface area contributed by atoms with Crippen LogP contribution in [0.3, 0.4) is 0 Å². The van der Waals surface area contributed by atoms with Crippen LogP contribution in [0, 0.1) is 0 Å². The molecule has 0 aliphatic rings. The molecule has 1 aromatic rings. The molecule has 1 heterocycles. The van der Waals surface area contributed by atoms with Gasteiger partial charge in [0.2, 0.25) is 5.91 Å². The van der Waals surface area contributed by atoms with E-state index < -0.39 is 5.54 Å². The standard InChI is InChI=1S/C14H23N3OS/c1-10(2)17-14(4,13(15)18)9-11(3)19-12-5-7-16-8-6-12/h5-8,10-11,17H,9H2,1-4H3,(H2,15,18). The Morgan fingerprint density at radius 2 is 2.00 bits per heavy atom. The summed E-state index contributed by atoms with van der Waals surface area (Å²) in [6.45, 7) is 8.01. The van der Waals surface area contributed by atoms with Crippen LogP contribution in [-0.2, 0) is 4.79 Å². The lowest BCUT2D eigenvalue weighted by molar-refractivity contribution is -0.124. The first kappa shape index (κ1) is 16.0. The number of nitrogens with one attached hydrogen (secondary N) is 1. The third-order valence-corrected chi connectivity index (χ3v) is 3.95. The van der Waals surface area contributed by atoms with Gasteiger partial charge in [-0.1, -0.05) is 6.92 Å². The summed E-state index contributed by atoms with van der Waals surface area (Å²) in [4.78, 5) is 16.8. The molecule has 0 bridgehead atoms. The zero-order valence-electron chi connectivity index (χ0n) is 12.0. The Hall–Kier alpha value is -1.07. The molecule has 5 heteroatoms. The largest absolute Gasteiger partial charge is 0.368 e. The number of hydrogen-bond acceptors (Lipinski definition) is 4. The summed E-state index contributed by atoms with van der Waals surface area (Å²) in [6.07, 6.45) is 4.23. The van der Waals surface area contributed by atoms with E-state index in [0.29, 0.717) is 6.42 Å². The van der Waals surface area contributed by atoms with Crippen LogP contribution in [0.4, 0.5) is 0 Å². The first-order valence-electron chi connectivity index (χ1n) is 6.48. The number of hydrogen-bond donors (Lipinski definition) is 2. The van der Waals surface area contributed by atoms with Crippen LogP contribution in [0.2, 0.25) is 0 Å². The van der Waals surface area contributed by atoms with Crippen molar-refractivity contribution in [2.45, 2.75) is 55.8 Å². The number of primary amides is 1. The van der Waals surface area contributed by atoms with Gasteiger partial charge in [0.25, 0.3) is 0 Å². The average molecular weight is 281 g/mol. The van der Waals surface area contributed by atoms with Crippen molar-refractivity contribution in [2.75, 3.05) is 0 Å². The molecule has 4 nitrogen and oxygen atoms in total. The van der Waals surface area contributed by atoms with Crippen molar-refractivity contribution in [2.24, 2.45) is 5.73 Å². The minimum atomic E-state index is -0.673. The summed E-state index contributed by atoms with van der Waals surface area (Å²) in [5.41, 5.74) is 4.87. The summed E-state index contributed by atoms with van der Waals surface area (Å²) in [6, 6.07) is 4.16. The second kappa shape index (κ2) is 6.91. The van der Waals surface area contributed by atoms with Crippen molar-refractivity contribution >= 4 is 17.7 Å². The maximum absolute atomic E-state index is 11.7. The number of nitrogens with two attached hydrogens (primary N) is 1. The van der Waals surface area contributed by atoms with Crippen molar-refractivity contribution in [3.05, 3.63) is 24.5 Å². The van der Waals surface area contributed by atoms with Crippen LogP contribution >= 0.6 is 11.8 Å². The van der Waals surface area contributed by atoms with Crippen LogP contribution in [0.25, 0.3) is 0 Å². The van der Waals surface area contributed by atoms with Gasteiger partial charge in [0.05, 0.1) is 5.54 Å². The first-order valence-corrected chi connectivity index (χ1v) is 7.36. The molecule has 0 aromatic carbocycles. The van der Waals surface area contributed by atoms with Crippen molar-refractivity contribution in [1.29, 1.82) is 0 Å². The number of pyridine rings is 1. The highest BCUT2D eigenvalue weighted by Crippen LogP contribution is 2.28. The summed E-state index contributed by atoms with van der Waals surface area (Å²) in [7, 11) is 0. The highest BCUT2D eigenvalue weighted by Gasteiger charge is 2.33. The van der Waals surface area contributed by atoms with Crippen molar-refractivity contribution in [3.63, 3.8) is 0 Å². The molecule has 0 radical (unpaired) electrons. The van der Waals surface area contributed by atoms with Gasteiger partial charge in [0.1, 0.15) is 0 Å². The molecule has 1 aromatic heterocycles. The Bertz CT molecular complexity index is 410. The van der Waals surface area contributed by atoms with Crippen LogP contribution in [0.1, 0.15) is 34.1 Å². The van der Waals surface area contributed by atoms with Crippen LogP contribution in [0.5, 0.6) is 0 Å². The number of amides is 1. The molecule has 0 aliphatic carbocycles. The van der Waals surface area contributed by atoms with Gasteiger partial charge in [-0.15, -0.1) is 11.8 Å². The number of aromatic nitrogens is 1. The molecule has 1 amide bonds. The molecule has 2 atom stereocenters. The highest BCUT2D eigenvalue weighted by atomic mass is 32.2. The Balaban J connectivity index is 2.66. The maximum atomic E-state index is 11.7. The number of thioether (sulfide) groups is 1. The summed E-state index contributed by atoms with van der Waals surface area (Å²) in [5, 5.41) is 3.56. The maximum Gasteiger partial charge on any atom is 0.237 e. The van der Waals surface area contributed by atoms with Gasteiger partial charge in [-0.3, -0.25) is 9.78 Å². The molecule has 0 aliphatic heterocycles. The molecular formula is C14H23N3OS. The van der Waals surface area contributed by atoms with Crippen molar-refractivity contribution in [1.82, 2.24) is 10.3 Å². The van der Waals surface area contributed by atoms with E-state index in [-0.39, 0.29) is 17.2 Å². The number of carbonyl (C=O) groups is 1. The number of carbonyl (C=O) groups excluding carboxylic acids is 1. The normalized spacial score (nSPS) is 16.1. The summed E-state index contributed by atoms with van der Waals surface area (Å²) >= 11 is 1.73. The Morgan fingerprint density at radius 3 is 2.47 bits per heavy atom. The van der Waals surface area contributed by atoms with Gasteiger partial charge in [-0.05, 0) is 39.3 Å². The summed E-state index contributed by atoms with van der Waals surface area (Å²) < 4.78 is 0. The number of rotatable bonds is 7. The van der Waals surface area contributed by atoms with E-state index >= 15 is 0 Å². The van der Waals surface area contributed by atoms with Gasteiger partial charge < -0.3 is 11.1 Å². The van der Waals surface area contributed by atoms with Crippen molar-refractivity contribution in [3.8, 4) is 0 Å². The van der Waals surface area contributed by atoms with E-state index in [1.807, 2.05) is 32.9 Å². The van der Waals surface area contributed by atoms with Gasteiger partial charge in [0, 0.05) is 28.6 Å². The fraction of sp³-hybridized carbons (Fsp3) is 0.571. The zero-order valence-corrected chi connectivity index (χ0v) is 12.8. The molecule has 106 valence electrons. The monoisotopic (exact) mass is 281 g/mol. The molecular weight excluding hydrogens is 258 g/mol. The Labute approximate surface area is 119 Å². The third-order valence-electron chi connectivity index (χ3n) is 2.83. The van der Waals surface area contributed by atoms with E-state index in [1.54, 1.807) is 24.2 Å². The first-order chi connectivity index (χ1) is 8.83. The van der Waals surface area contributed by atoms with Gasteiger partial charge in [0.15, 0.2) is 0 Å². The quantitative estimate of drug-likeness (QED) is 0.752. The molecule has 3 N–H and O–H groups in total. The lowest BCUT2D eigenvalue weighted by Gasteiger charge is -2.32. The topological polar surface area (TPSA) is 68.0 Å². The van der Waals surface area contributed by atoms with Gasteiger partial charge in [-0.2, -0.15) is 0 Å². The number of nitrogens with zero attached hydrogens (tertiary/aromatic N) is 1. The molecule has 19 heavy (non-hydrogen) atoms.